The zero-order valence-corrected chi connectivity index (χ0v) is 19.0. The average Bonchev–Trinajstić information content (AvgIpc) is 3.09. The van der Waals surface area contributed by atoms with Crippen LogP contribution in [0.3, 0.4) is 0 Å². The summed E-state index contributed by atoms with van der Waals surface area (Å²) in [6.45, 7) is 7.67. The van der Waals surface area contributed by atoms with Gasteiger partial charge in [0.25, 0.3) is 5.91 Å². The van der Waals surface area contributed by atoms with Gasteiger partial charge in [-0.05, 0) is 17.0 Å². The molecule has 0 saturated heterocycles. The average molecular weight is 435 g/mol. The summed E-state index contributed by atoms with van der Waals surface area (Å²) in [4.78, 5) is 14.5. The van der Waals surface area contributed by atoms with Crippen molar-refractivity contribution in [2.75, 3.05) is 33.0 Å². The van der Waals surface area contributed by atoms with E-state index in [0.717, 1.165) is 17.0 Å². The van der Waals surface area contributed by atoms with Crippen molar-refractivity contribution in [1.82, 2.24) is 19.4 Å². The third-order valence-corrected chi connectivity index (χ3v) is 6.55. The number of sulfonamides is 1. The Kier molecular flexibility index (Phi) is 6.24. The Balaban J connectivity index is 1.65. The topological polar surface area (TPSA) is 95.6 Å². The molecule has 1 aromatic heterocycles. The van der Waals surface area contributed by atoms with Crippen molar-refractivity contribution < 1.29 is 17.9 Å². The molecule has 0 atom stereocenters. The first-order chi connectivity index (χ1) is 14.0. The van der Waals surface area contributed by atoms with Crippen LogP contribution in [0, 0.1) is 0 Å². The Labute approximate surface area is 178 Å². The minimum absolute atomic E-state index is 0.0437. The molecule has 0 aliphatic carbocycles. The van der Waals surface area contributed by atoms with Crippen molar-refractivity contribution >= 4 is 15.9 Å². The summed E-state index contributed by atoms with van der Waals surface area (Å²) < 4.78 is 31.1. The summed E-state index contributed by atoms with van der Waals surface area (Å²) in [5.41, 5.74) is 2.82. The van der Waals surface area contributed by atoms with Gasteiger partial charge in [0, 0.05) is 37.8 Å². The Morgan fingerprint density at radius 2 is 2.00 bits per heavy atom. The van der Waals surface area contributed by atoms with Crippen molar-refractivity contribution in [2.24, 2.45) is 0 Å². The molecule has 0 bridgehead atoms. The molecule has 1 amide bonds. The number of ether oxygens (including phenoxy) is 1. The summed E-state index contributed by atoms with van der Waals surface area (Å²) in [6, 6.07) is 7.91. The Bertz CT molecular complexity index is 1020. The minimum Gasteiger partial charge on any atom is -0.491 e. The van der Waals surface area contributed by atoms with Gasteiger partial charge < -0.3 is 9.64 Å². The molecule has 2 heterocycles. The number of H-pyrrole nitrogens is 1. The summed E-state index contributed by atoms with van der Waals surface area (Å²) in [7, 11) is -1.63. The predicted octanol–water partition coefficient (Wildman–Crippen LogP) is 2.18. The molecular formula is C21H30N4O4S. The van der Waals surface area contributed by atoms with E-state index < -0.39 is 10.0 Å². The van der Waals surface area contributed by atoms with Gasteiger partial charge in [-0.3, -0.25) is 9.89 Å². The maximum Gasteiger partial charge on any atom is 0.274 e. The van der Waals surface area contributed by atoms with Gasteiger partial charge in [0.2, 0.25) is 10.0 Å². The lowest BCUT2D eigenvalue weighted by Crippen LogP contribution is -2.37. The summed E-state index contributed by atoms with van der Waals surface area (Å²) >= 11 is 0. The van der Waals surface area contributed by atoms with Crippen molar-refractivity contribution in [3.8, 4) is 5.75 Å². The van der Waals surface area contributed by atoms with E-state index >= 15 is 0 Å². The van der Waals surface area contributed by atoms with E-state index in [1.54, 1.807) is 11.9 Å². The second-order valence-electron chi connectivity index (χ2n) is 8.70. The molecule has 8 nitrogen and oxygen atoms in total. The number of benzene rings is 1. The van der Waals surface area contributed by atoms with Crippen LogP contribution in [0.5, 0.6) is 5.75 Å². The Morgan fingerprint density at radius 3 is 2.67 bits per heavy atom. The number of carbonyl (C=O) groups excluding carboxylic acids is 1. The van der Waals surface area contributed by atoms with Crippen LogP contribution < -0.4 is 4.74 Å². The number of fused-ring (bicyclic) bond motifs is 1. The molecule has 1 N–H and O–H groups in total. The number of hydrogen-bond donors (Lipinski definition) is 1. The van der Waals surface area contributed by atoms with Crippen LogP contribution in [0.15, 0.2) is 24.3 Å². The zero-order valence-electron chi connectivity index (χ0n) is 18.2. The first-order valence-corrected chi connectivity index (χ1v) is 11.8. The SMILES string of the molecule is CN(CCOc1ccccc1C(C)(C)C)C(=O)c1n[nH]c2c1CN(S(C)(=O)=O)CC2. The van der Waals surface area contributed by atoms with Gasteiger partial charge in [-0.25, -0.2) is 8.42 Å². The third kappa shape index (κ3) is 4.84. The highest BCUT2D eigenvalue weighted by Gasteiger charge is 2.30. The fourth-order valence-corrected chi connectivity index (χ4v) is 4.30. The van der Waals surface area contributed by atoms with Gasteiger partial charge in [-0.2, -0.15) is 9.40 Å². The third-order valence-electron chi connectivity index (χ3n) is 5.30. The number of nitrogens with one attached hydrogen (secondary N) is 1. The molecule has 1 aliphatic rings. The molecule has 30 heavy (non-hydrogen) atoms. The van der Waals surface area contributed by atoms with E-state index in [0.29, 0.717) is 31.7 Å². The summed E-state index contributed by atoms with van der Waals surface area (Å²) in [5.74, 6) is 0.558. The molecule has 164 valence electrons. The van der Waals surface area contributed by atoms with Crippen molar-refractivity contribution in [3.63, 3.8) is 0 Å². The lowest BCUT2D eigenvalue weighted by molar-refractivity contribution is 0.0765. The van der Waals surface area contributed by atoms with Gasteiger partial charge in [-0.1, -0.05) is 39.0 Å². The Morgan fingerprint density at radius 1 is 1.30 bits per heavy atom. The smallest absolute Gasteiger partial charge is 0.274 e. The number of rotatable bonds is 6. The van der Waals surface area contributed by atoms with E-state index in [1.807, 2.05) is 24.3 Å². The maximum absolute atomic E-state index is 12.9. The Hall–Kier alpha value is -2.39. The van der Waals surface area contributed by atoms with Crippen molar-refractivity contribution in [3.05, 3.63) is 46.8 Å². The summed E-state index contributed by atoms with van der Waals surface area (Å²) in [6.07, 6.45) is 1.69. The molecule has 2 aromatic rings. The fraction of sp³-hybridized carbons (Fsp3) is 0.524. The molecule has 0 radical (unpaired) electrons. The van der Waals surface area contributed by atoms with Crippen LogP contribution in [-0.2, 0) is 28.4 Å². The van der Waals surface area contributed by atoms with Crippen LogP contribution in [0.1, 0.15) is 48.1 Å². The van der Waals surface area contributed by atoms with E-state index in [-0.39, 0.29) is 23.6 Å². The number of aromatic amines is 1. The predicted molar refractivity (Wildman–Crippen MR) is 115 cm³/mol. The number of nitrogens with zero attached hydrogens (tertiary/aromatic N) is 3. The normalized spacial score (nSPS) is 15.0. The molecule has 0 unspecified atom stereocenters. The minimum atomic E-state index is -3.32. The molecule has 1 aliphatic heterocycles. The van der Waals surface area contributed by atoms with E-state index in [2.05, 4.69) is 31.0 Å². The highest BCUT2D eigenvalue weighted by atomic mass is 32.2. The number of likely N-dealkylation sites (N-methyl/N-ethyl adjacent to an activating group) is 1. The highest BCUT2D eigenvalue weighted by molar-refractivity contribution is 7.88. The molecule has 9 heteroatoms. The van der Waals surface area contributed by atoms with Crippen LogP contribution in [0.4, 0.5) is 0 Å². The number of para-hydroxylation sites is 1. The molecule has 0 spiro atoms. The van der Waals surface area contributed by atoms with Gasteiger partial charge in [0.15, 0.2) is 5.69 Å². The van der Waals surface area contributed by atoms with Crippen LogP contribution in [0.2, 0.25) is 0 Å². The largest absolute Gasteiger partial charge is 0.491 e. The van der Waals surface area contributed by atoms with E-state index in [9.17, 15) is 13.2 Å². The van der Waals surface area contributed by atoms with Crippen LogP contribution in [-0.4, -0.2) is 66.7 Å². The van der Waals surface area contributed by atoms with Gasteiger partial charge in [0.05, 0.1) is 12.8 Å². The van der Waals surface area contributed by atoms with Gasteiger partial charge in [-0.15, -0.1) is 0 Å². The lowest BCUT2D eigenvalue weighted by atomic mass is 9.86. The van der Waals surface area contributed by atoms with Crippen LogP contribution >= 0.6 is 0 Å². The quantitative estimate of drug-likeness (QED) is 0.752. The first kappa shape index (κ1) is 22.3. The highest BCUT2D eigenvalue weighted by Crippen LogP contribution is 2.31. The van der Waals surface area contributed by atoms with E-state index in [4.69, 9.17) is 4.74 Å². The number of amides is 1. The molecule has 0 saturated carbocycles. The number of aromatic nitrogens is 2. The summed E-state index contributed by atoms with van der Waals surface area (Å²) in [5, 5.41) is 7.06. The molecule has 1 aromatic carbocycles. The fourth-order valence-electron chi connectivity index (χ4n) is 3.52. The lowest BCUT2D eigenvalue weighted by Gasteiger charge is -2.25. The van der Waals surface area contributed by atoms with Crippen molar-refractivity contribution in [2.45, 2.75) is 39.2 Å². The molecule has 0 fully saturated rings. The second kappa shape index (κ2) is 8.39. The number of hydrogen-bond acceptors (Lipinski definition) is 5. The maximum atomic E-state index is 12.9. The second-order valence-corrected chi connectivity index (χ2v) is 10.7. The van der Waals surface area contributed by atoms with Gasteiger partial charge in [0.1, 0.15) is 12.4 Å². The molecular weight excluding hydrogens is 404 g/mol. The van der Waals surface area contributed by atoms with Crippen molar-refractivity contribution in [1.29, 1.82) is 0 Å². The zero-order chi connectivity index (χ0) is 22.1. The monoisotopic (exact) mass is 434 g/mol. The van der Waals surface area contributed by atoms with Crippen LogP contribution in [0.25, 0.3) is 0 Å². The van der Waals surface area contributed by atoms with E-state index in [1.165, 1.54) is 10.6 Å². The first-order valence-electron chi connectivity index (χ1n) is 9.97. The van der Waals surface area contributed by atoms with Gasteiger partial charge >= 0.3 is 0 Å². The number of carbonyl (C=O) groups is 1. The molecule has 3 rings (SSSR count). The standard InChI is InChI=1S/C21H30N4O4S/c1-21(2,3)16-8-6-7-9-18(16)29-13-12-24(4)20(26)19-15-14-25(30(5,27)28)11-10-17(15)22-23-19/h6-9H,10-14H2,1-5H3,(H,22,23).